The van der Waals surface area contributed by atoms with Crippen molar-refractivity contribution in [2.24, 2.45) is 0 Å². The first-order valence-electron chi connectivity index (χ1n) is 8.15. The van der Waals surface area contributed by atoms with Crippen molar-refractivity contribution in [3.05, 3.63) is 57.5 Å². The summed E-state index contributed by atoms with van der Waals surface area (Å²) in [4.78, 5) is 29.7. The summed E-state index contributed by atoms with van der Waals surface area (Å²) in [6, 6.07) is 0.986. The van der Waals surface area contributed by atoms with Crippen LogP contribution in [0.5, 0.6) is 0 Å². The van der Waals surface area contributed by atoms with Crippen LogP contribution < -0.4 is 10.9 Å². The Labute approximate surface area is 149 Å². The number of aromatic amines is 1. The zero-order valence-corrected chi connectivity index (χ0v) is 13.7. The minimum absolute atomic E-state index is 0.235. The lowest BCUT2D eigenvalue weighted by molar-refractivity contribution is -0.460. The van der Waals surface area contributed by atoms with Gasteiger partial charge in [-0.2, -0.15) is 22.5 Å². The lowest BCUT2D eigenvalue weighted by Gasteiger charge is -2.19. The first kappa shape index (κ1) is 17.4. The predicted octanol–water partition coefficient (Wildman–Crippen LogP) is 2.68. The molecular formula is C17H13F4N4O2+. The van der Waals surface area contributed by atoms with Crippen molar-refractivity contribution in [3.8, 4) is 0 Å². The van der Waals surface area contributed by atoms with Crippen LogP contribution in [0.1, 0.15) is 29.7 Å². The molecule has 2 aliphatic rings. The van der Waals surface area contributed by atoms with E-state index in [1.54, 1.807) is 0 Å². The van der Waals surface area contributed by atoms with Crippen molar-refractivity contribution in [2.45, 2.75) is 31.5 Å². The second-order valence-corrected chi connectivity index (χ2v) is 6.43. The summed E-state index contributed by atoms with van der Waals surface area (Å²) in [7, 11) is 0. The highest BCUT2D eigenvalue weighted by Gasteiger charge is 2.41. The van der Waals surface area contributed by atoms with Gasteiger partial charge in [-0.05, 0) is 12.0 Å². The molecule has 4 rings (SSSR count). The van der Waals surface area contributed by atoms with Crippen LogP contribution in [0.4, 0.5) is 28.0 Å². The molecule has 10 heteroatoms. The number of pyridine rings is 2. The number of amides is 2. The van der Waals surface area contributed by atoms with E-state index in [9.17, 15) is 27.2 Å². The fraction of sp³-hybridized carbons (Fsp3) is 0.294. The maximum absolute atomic E-state index is 13.9. The third-order valence-electron chi connectivity index (χ3n) is 4.75. The highest BCUT2D eigenvalue weighted by atomic mass is 19.4. The summed E-state index contributed by atoms with van der Waals surface area (Å²) in [6.07, 6.45) is -1.14. The Kier molecular flexibility index (Phi) is 3.86. The number of nitrogens with zero attached hydrogens (tertiary/aromatic N) is 2. The molecule has 6 nitrogen and oxygen atoms in total. The van der Waals surface area contributed by atoms with Crippen LogP contribution in [0.2, 0.25) is 0 Å². The molecule has 2 N–H and O–H groups in total. The Bertz CT molecular complexity index is 1040. The third kappa shape index (κ3) is 3.00. The van der Waals surface area contributed by atoms with Gasteiger partial charge in [-0.1, -0.05) is 0 Å². The van der Waals surface area contributed by atoms with Gasteiger partial charge in [-0.3, -0.25) is 4.79 Å². The maximum atomic E-state index is 13.9. The average molecular weight is 381 g/mol. The molecular weight excluding hydrogens is 368 g/mol. The number of alkyl halides is 3. The Balaban J connectivity index is 1.69. The van der Waals surface area contributed by atoms with E-state index in [4.69, 9.17) is 0 Å². The van der Waals surface area contributed by atoms with Crippen LogP contribution in [0.15, 0.2) is 29.3 Å². The highest BCUT2D eigenvalue weighted by Crippen LogP contribution is 2.31. The summed E-state index contributed by atoms with van der Waals surface area (Å²) >= 11 is 0. The number of hydrogen-bond acceptors (Lipinski definition) is 3. The summed E-state index contributed by atoms with van der Waals surface area (Å²) < 4.78 is 53.6. The zero-order chi connectivity index (χ0) is 19.3. The fourth-order valence-corrected chi connectivity index (χ4v) is 3.59. The lowest BCUT2D eigenvalue weighted by atomic mass is 9.99. The minimum atomic E-state index is -4.75. The lowest BCUT2D eigenvalue weighted by Crippen LogP contribution is -2.39. The van der Waals surface area contributed by atoms with Crippen molar-refractivity contribution in [1.29, 1.82) is 0 Å². The van der Waals surface area contributed by atoms with E-state index in [0.717, 1.165) is 5.56 Å². The second kappa shape index (κ2) is 6.00. The number of H-pyrrole nitrogens is 1. The van der Waals surface area contributed by atoms with Gasteiger partial charge in [0.1, 0.15) is 17.4 Å². The normalized spacial score (nSPS) is 18.4. The molecule has 0 aromatic carbocycles. The van der Waals surface area contributed by atoms with Crippen molar-refractivity contribution in [2.75, 3.05) is 5.32 Å². The molecule has 2 bridgehead atoms. The van der Waals surface area contributed by atoms with Crippen molar-refractivity contribution >= 4 is 17.4 Å². The van der Waals surface area contributed by atoms with Crippen LogP contribution in [-0.2, 0) is 12.6 Å². The largest absolute Gasteiger partial charge is 0.496 e. The summed E-state index contributed by atoms with van der Waals surface area (Å²) in [5.41, 5.74) is 0.0520. The fourth-order valence-electron chi connectivity index (χ4n) is 3.59. The van der Waals surface area contributed by atoms with Crippen LogP contribution in [-0.4, -0.2) is 32.3 Å². The quantitative estimate of drug-likeness (QED) is 0.589. The smallest absolute Gasteiger partial charge is 0.328 e. The van der Waals surface area contributed by atoms with Crippen molar-refractivity contribution in [3.63, 3.8) is 0 Å². The SMILES string of the molecule is O=C(Nc1cc(C(F)(F)F)ncc1F)[N+]1=C2CCC1Cc1cc(=O)[nH]cc12. The van der Waals surface area contributed by atoms with Gasteiger partial charge in [0.05, 0.1) is 6.20 Å². The van der Waals surface area contributed by atoms with Gasteiger partial charge in [0, 0.05) is 36.7 Å². The Morgan fingerprint density at radius 1 is 1.33 bits per heavy atom. The van der Waals surface area contributed by atoms with Crippen LogP contribution in [0.3, 0.4) is 0 Å². The molecule has 0 saturated carbocycles. The number of nitrogens with one attached hydrogen (secondary N) is 2. The van der Waals surface area contributed by atoms with Crippen LogP contribution >= 0.6 is 0 Å². The Morgan fingerprint density at radius 2 is 2.11 bits per heavy atom. The van der Waals surface area contributed by atoms with Crippen LogP contribution in [0, 0.1) is 5.82 Å². The van der Waals surface area contributed by atoms with Gasteiger partial charge in [0.2, 0.25) is 5.56 Å². The molecule has 2 aromatic rings. The summed E-state index contributed by atoms with van der Waals surface area (Å²) in [6.45, 7) is 0. The number of rotatable bonds is 1. The molecule has 27 heavy (non-hydrogen) atoms. The molecule has 0 radical (unpaired) electrons. The number of fused-ring (bicyclic) bond motifs is 3. The van der Waals surface area contributed by atoms with Crippen molar-refractivity contribution < 1.29 is 26.9 Å². The predicted molar refractivity (Wildman–Crippen MR) is 86.4 cm³/mol. The van der Waals surface area contributed by atoms with Gasteiger partial charge in [-0.15, -0.1) is 0 Å². The van der Waals surface area contributed by atoms with E-state index in [1.807, 2.05) is 0 Å². The van der Waals surface area contributed by atoms with Gasteiger partial charge >= 0.3 is 12.2 Å². The number of carbonyl (C=O) groups excluding carboxylic acids is 1. The molecule has 0 spiro atoms. The molecule has 0 saturated heterocycles. The number of hydrogen-bond donors (Lipinski definition) is 2. The van der Waals surface area contributed by atoms with Gasteiger partial charge in [0.25, 0.3) is 0 Å². The first-order valence-corrected chi connectivity index (χ1v) is 8.15. The first-order chi connectivity index (χ1) is 12.7. The monoisotopic (exact) mass is 381 g/mol. The van der Waals surface area contributed by atoms with Crippen molar-refractivity contribution in [1.82, 2.24) is 9.97 Å². The molecule has 0 aliphatic carbocycles. The third-order valence-corrected chi connectivity index (χ3v) is 4.75. The van der Waals surface area contributed by atoms with Crippen LogP contribution in [0.25, 0.3) is 0 Å². The number of carbonyl (C=O) groups is 1. The van der Waals surface area contributed by atoms with Gasteiger partial charge in [0.15, 0.2) is 11.5 Å². The minimum Gasteiger partial charge on any atom is -0.328 e. The molecule has 0 fully saturated rings. The standard InChI is InChI=1S/C17H12F4N4O2/c18-11-7-22-14(17(19,20)21)5-12(11)24-16(27)25-9-1-2-13(25)10-6-23-15(26)4-8(10)3-9/h4-7,9H,1-3H2,(H,22,24,27)/p+1. The second-order valence-electron chi connectivity index (χ2n) is 6.43. The van der Waals surface area contributed by atoms with E-state index in [-0.39, 0.29) is 11.6 Å². The van der Waals surface area contributed by atoms with Gasteiger partial charge < -0.3 is 4.98 Å². The molecule has 2 aliphatic heterocycles. The maximum Gasteiger partial charge on any atom is 0.496 e. The van der Waals surface area contributed by atoms with Gasteiger partial charge in [-0.25, -0.2) is 14.7 Å². The zero-order valence-electron chi connectivity index (χ0n) is 13.7. The van der Waals surface area contributed by atoms with E-state index in [0.29, 0.717) is 42.8 Å². The van der Waals surface area contributed by atoms with E-state index in [1.165, 1.54) is 16.8 Å². The molecule has 1 unspecified atom stereocenters. The topological polar surface area (TPSA) is 77.9 Å². The number of halogens is 4. The molecule has 2 amide bonds. The number of anilines is 1. The summed E-state index contributed by atoms with van der Waals surface area (Å²) in [5.74, 6) is -1.06. The Hall–Kier alpha value is -3.04. The highest BCUT2D eigenvalue weighted by molar-refractivity contribution is 6.03. The Morgan fingerprint density at radius 3 is 2.85 bits per heavy atom. The summed E-state index contributed by atoms with van der Waals surface area (Å²) in [5, 5.41) is 2.21. The molecule has 140 valence electrons. The molecule has 2 aromatic heterocycles. The van der Waals surface area contributed by atoms with E-state index in [2.05, 4.69) is 15.3 Å². The molecule has 1 atom stereocenters. The number of aromatic nitrogens is 2. The average Bonchev–Trinajstić information content (AvgIpc) is 2.91. The van der Waals surface area contributed by atoms with E-state index < -0.39 is 29.4 Å². The molecule has 4 heterocycles. The van der Waals surface area contributed by atoms with E-state index >= 15 is 0 Å². The number of urea groups is 1.